The van der Waals surface area contributed by atoms with Crippen LogP contribution in [0.5, 0.6) is 0 Å². The summed E-state index contributed by atoms with van der Waals surface area (Å²) in [6.07, 6.45) is 2.87. The Morgan fingerprint density at radius 2 is 2.09 bits per heavy atom. The van der Waals surface area contributed by atoms with E-state index in [1.54, 1.807) is 0 Å². The van der Waals surface area contributed by atoms with E-state index in [9.17, 15) is 9.59 Å². The van der Waals surface area contributed by atoms with E-state index in [4.69, 9.17) is 5.26 Å². The van der Waals surface area contributed by atoms with E-state index in [1.807, 2.05) is 11.8 Å². The molecule has 2 atom stereocenters. The van der Waals surface area contributed by atoms with Crippen molar-refractivity contribution >= 4 is 11.9 Å². The molecule has 1 spiro atoms. The van der Waals surface area contributed by atoms with Crippen molar-refractivity contribution in [3.05, 3.63) is 0 Å². The molecular weight excluding hydrogens is 292 g/mol. The molecule has 0 aromatic rings. The fourth-order valence-corrected chi connectivity index (χ4v) is 4.37. The molecule has 2 aliphatic rings. The first kappa shape index (κ1) is 17.7. The van der Waals surface area contributed by atoms with E-state index in [0.29, 0.717) is 38.3 Å². The van der Waals surface area contributed by atoms with Crippen LogP contribution in [0.3, 0.4) is 0 Å². The van der Waals surface area contributed by atoms with Crippen LogP contribution in [0.4, 0.5) is 4.79 Å². The van der Waals surface area contributed by atoms with Gasteiger partial charge in [-0.2, -0.15) is 5.26 Å². The highest BCUT2D eigenvalue weighted by molar-refractivity contribution is 6.07. The molecule has 1 heterocycles. The van der Waals surface area contributed by atoms with Gasteiger partial charge in [-0.15, -0.1) is 0 Å². The number of amides is 3. The maximum atomic E-state index is 13.0. The van der Waals surface area contributed by atoms with Gasteiger partial charge in [0.05, 0.1) is 12.7 Å². The Hall–Kier alpha value is -1.61. The molecule has 2 rings (SSSR count). The summed E-state index contributed by atoms with van der Waals surface area (Å²) in [4.78, 5) is 28.7. The fourth-order valence-electron chi connectivity index (χ4n) is 4.37. The molecule has 6 heteroatoms. The second-order valence-corrected chi connectivity index (χ2v) is 7.86. The lowest BCUT2D eigenvalue weighted by Crippen LogP contribution is -2.54. The van der Waals surface area contributed by atoms with E-state index >= 15 is 0 Å². The number of nitrogens with one attached hydrogen (secondary N) is 1. The van der Waals surface area contributed by atoms with Gasteiger partial charge in [0.2, 0.25) is 0 Å². The van der Waals surface area contributed by atoms with Gasteiger partial charge < -0.3 is 5.32 Å². The number of hydrogen-bond donors (Lipinski definition) is 1. The molecular formula is C17H28N4O2. The molecule has 1 aliphatic heterocycles. The summed E-state index contributed by atoms with van der Waals surface area (Å²) >= 11 is 0. The zero-order valence-electron chi connectivity index (χ0n) is 14.7. The maximum absolute atomic E-state index is 13.0. The lowest BCUT2D eigenvalue weighted by Gasteiger charge is -2.44. The van der Waals surface area contributed by atoms with E-state index in [1.165, 1.54) is 4.90 Å². The summed E-state index contributed by atoms with van der Waals surface area (Å²) in [6, 6.07) is 1.81. The van der Waals surface area contributed by atoms with Crippen molar-refractivity contribution in [1.82, 2.24) is 15.1 Å². The number of rotatable bonds is 5. The zero-order chi connectivity index (χ0) is 17.3. The summed E-state index contributed by atoms with van der Waals surface area (Å²) in [6.45, 7) is 9.98. The Labute approximate surface area is 138 Å². The van der Waals surface area contributed by atoms with E-state index in [0.717, 1.165) is 6.42 Å². The summed E-state index contributed by atoms with van der Waals surface area (Å²) in [7, 11) is 0. The monoisotopic (exact) mass is 320 g/mol. The molecule has 1 aliphatic carbocycles. The van der Waals surface area contributed by atoms with Gasteiger partial charge >= 0.3 is 6.03 Å². The SMILES string of the molecule is CCN(CCC#N)CN1C(=O)NC2(CC(C)CC(C)(C)C2)C1=O. The summed E-state index contributed by atoms with van der Waals surface area (Å²) in [5.74, 6) is 0.307. The predicted molar refractivity (Wildman–Crippen MR) is 87.2 cm³/mol. The minimum atomic E-state index is -0.743. The number of carbonyl (C=O) groups is 2. The van der Waals surface area contributed by atoms with Crippen molar-refractivity contribution in [2.75, 3.05) is 19.8 Å². The molecule has 1 saturated carbocycles. The van der Waals surface area contributed by atoms with Crippen molar-refractivity contribution in [3.63, 3.8) is 0 Å². The Kier molecular flexibility index (Phi) is 5.00. The highest BCUT2D eigenvalue weighted by Crippen LogP contribution is 2.46. The highest BCUT2D eigenvalue weighted by atomic mass is 16.2. The van der Waals surface area contributed by atoms with Crippen molar-refractivity contribution in [2.45, 2.75) is 58.9 Å². The Morgan fingerprint density at radius 1 is 1.39 bits per heavy atom. The fraction of sp³-hybridized carbons (Fsp3) is 0.824. The quantitative estimate of drug-likeness (QED) is 0.789. The molecule has 0 radical (unpaired) electrons. The molecule has 128 valence electrons. The average molecular weight is 320 g/mol. The van der Waals surface area contributed by atoms with Crippen LogP contribution in [0.15, 0.2) is 0 Å². The first-order valence-electron chi connectivity index (χ1n) is 8.46. The Morgan fingerprint density at radius 3 is 2.65 bits per heavy atom. The van der Waals surface area contributed by atoms with Crippen LogP contribution in [-0.4, -0.2) is 47.0 Å². The average Bonchev–Trinajstić information content (AvgIpc) is 2.64. The molecule has 2 unspecified atom stereocenters. The van der Waals surface area contributed by atoms with Crippen LogP contribution in [-0.2, 0) is 4.79 Å². The molecule has 3 amide bonds. The van der Waals surface area contributed by atoms with Crippen molar-refractivity contribution in [1.29, 1.82) is 5.26 Å². The molecule has 0 bridgehead atoms. The third-order valence-corrected chi connectivity index (χ3v) is 4.95. The lowest BCUT2D eigenvalue weighted by molar-refractivity contribution is -0.136. The standard InChI is InChI=1S/C17H28N4O2/c1-5-20(8-6-7-18)12-21-14(22)17(19-15(21)23)10-13(2)9-16(3,4)11-17/h13H,5-6,8-12H2,1-4H3,(H,19,23). The molecule has 0 aromatic carbocycles. The molecule has 2 fully saturated rings. The van der Waals surface area contributed by atoms with Gasteiger partial charge in [-0.3, -0.25) is 9.69 Å². The van der Waals surface area contributed by atoms with E-state index < -0.39 is 5.54 Å². The van der Waals surface area contributed by atoms with Crippen LogP contribution in [0.25, 0.3) is 0 Å². The van der Waals surface area contributed by atoms with E-state index in [-0.39, 0.29) is 24.0 Å². The molecule has 6 nitrogen and oxygen atoms in total. The topological polar surface area (TPSA) is 76.4 Å². The minimum absolute atomic E-state index is 0.0435. The van der Waals surface area contributed by atoms with Gasteiger partial charge in [0.25, 0.3) is 5.91 Å². The number of hydrogen-bond acceptors (Lipinski definition) is 4. The van der Waals surface area contributed by atoms with Gasteiger partial charge in [-0.25, -0.2) is 9.69 Å². The van der Waals surface area contributed by atoms with Gasteiger partial charge in [0.1, 0.15) is 5.54 Å². The van der Waals surface area contributed by atoms with Crippen molar-refractivity contribution in [3.8, 4) is 6.07 Å². The van der Waals surface area contributed by atoms with Crippen LogP contribution in [0.2, 0.25) is 0 Å². The second-order valence-electron chi connectivity index (χ2n) is 7.86. The van der Waals surface area contributed by atoms with Gasteiger partial charge in [0.15, 0.2) is 0 Å². The Bertz CT molecular complexity index is 525. The molecule has 1 saturated heterocycles. The van der Waals surface area contributed by atoms with E-state index in [2.05, 4.69) is 32.2 Å². The number of carbonyl (C=O) groups excluding carboxylic acids is 2. The summed E-state index contributed by atoms with van der Waals surface area (Å²) < 4.78 is 0. The van der Waals surface area contributed by atoms with Gasteiger partial charge in [0, 0.05) is 13.0 Å². The third kappa shape index (κ3) is 3.66. The highest BCUT2D eigenvalue weighted by Gasteiger charge is 2.56. The molecule has 0 aromatic heterocycles. The number of nitrogens with zero attached hydrogens (tertiary/aromatic N) is 3. The van der Waals surface area contributed by atoms with Gasteiger partial charge in [-0.1, -0.05) is 27.7 Å². The zero-order valence-corrected chi connectivity index (χ0v) is 14.7. The van der Waals surface area contributed by atoms with Crippen molar-refractivity contribution in [2.24, 2.45) is 11.3 Å². The first-order valence-corrected chi connectivity index (χ1v) is 8.46. The predicted octanol–water partition coefficient (Wildman–Crippen LogP) is 2.32. The van der Waals surface area contributed by atoms with Crippen LogP contribution in [0.1, 0.15) is 53.4 Å². The van der Waals surface area contributed by atoms with Gasteiger partial charge in [-0.05, 0) is 37.1 Å². The third-order valence-electron chi connectivity index (χ3n) is 4.95. The Balaban J connectivity index is 2.15. The summed E-state index contributed by atoms with van der Waals surface area (Å²) in [5, 5.41) is 11.7. The van der Waals surface area contributed by atoms with Crippen molar-refractivity contribution < 1.29 is 9.59 Å². The second kappa shape index (κ2) is 6.48. The number of urea groups is 1. The van der Waals surface area contributed by atoms with Crippen LogP contribution >= 0.6 is 0 Å². The van der Waals surface area contributed by atoms with Crippen LogP contribution in [0, 0.1) is 22.7 Å². The lowest BCUT2D eigenvalue weighted by atomic mass is 9.64. The van der Waals surface area contributed by atoms with Crippen LogP contribution < -0.4 is 5.32 Å². The normalized spacial score (nSPS) is 29.9. The largest absolute Gasteiger partial charge is 0.326 e. The first-order chi connectivity index (χ1) is 10.7. The minimum Gasteiger partial charge on any atom is -0.323 e. The summed E-state index contributed by atoms with van der Waals surface area (Å²) in [5.41, 5.74) is -0.700. The number of imide groups is 1. The molecule has 1 N–H and O–H groups in total. The number of nitriles is 1. The smallest absolute Gasteiger partial charge is 0.323 e. The molecule has 23 heavy (non-hydrogen) atoms. The maximum Gasteiger partial charge on any atom is 0.326 e.